The first-order valence-electron chi connectivity index (χ1n) is 4.81. The predicted molar refractivity (Wildman–Crippen MR) is 69.8 cm³/mol. The van der Waals surface area contributed by atoms with Crippen molar-refractivity contribution in [3.63, 3.8) is 0 Å². The molecule has 16 heavy (non-hydrogen) atoms. The average molecular weight is 326 g/mol. The van der Waals surface area contributed by atoms with Gasteiger partial charge in [0, 0.05) is 0 Å². The van der Waals surface area contributed by atoms with Crippen molar-refractivity contribution in [3.8, 4) is 0 Å². The summed E-state index contributed by atoms with van der Waals surface area (Å²) >= 11 is 14.8. The van der Waals surface area contributed by atoms with Gasteiger partial charge in [0.1, 0.15) is 4.83 Å². The number of halogens is 3. The third kappa shape index (κ3) is 4.32. The van der Waals surface area contributed by atoms with Crippen LogP contribution in [0.15, 0.2) is 18.2 Å². The van der Waals surface area contributed by atoms with Crippen molar-refractivity contribution >= 4 is 45.1 Å². The number of aliphatic carboxylic acids is 1. The second-order valence-corrected chi connectivity index (χ2v) is 5.37. The van der Waals surface area contributed by atoms with Gasteiger partial charge < -0.3 is 5.11 Å². The molecule has 1 N–H and O–H groups in total. The van der Waals surface area contributed by atoms with Gasteiger partial charge in [0.05, 0.1) is 10.0 Å². The molecule has 88 valence electrons. The van der Waals surface area contributed by atoms with E-state index in [1.165, 1.54) is 0 Å². The van der Waals surface area contributed by atoms with E-state index in [0.717, 1.165) is 18.4 Å². The van der Waals surface area contributed by atoms with E-state index in [1.54, 1.807) is 6.07 Å². The van der Waals surface area contributed by atoms with Gasteiger partial charge in [-0.3, -0.25) is 4.79 Å². The lowest BCUT2D eigenvalue weighted by atomic mass is 10.1. The van der Waals surface area contributed by atoms with Crippen LogP contribution in [0, 0.1) is 0 Å². The monoisotopic (exact) mass is 324 g/mol. The first-order chi connectivity index (χ1) is 7.50. The van der Waals surface area contributed by atoms with Crippen LogP contribution in [-0.2, 0) is 11.2 Å². The molecule has 0 aromatic heterocycles. The lowest BCUT2D eigenvalue weighted by Crippen LogP contribution is -2.12. The molecule has 2 nitrogen and oxygen atoms in total. The smallest absolute Gasteiger partial charge is 0.317 e. The zero-order chi connectivity index (χ0) is 12.1. The molecule has 1 unspecified atom stereocenters. The van der Waals surface area contributed by atoms with Crippen molar-refractivity contribution in [1.82, 2.24) is 0 Å². The second-order valence-electron chi connectivity index (χ2n) is 3.45. The van der Waals surface area contributed by atoms with Crippen molar-refractivity contribution in [2.24, 2.45) is 0 Å². The van der Waals surface area contributed by atoms with Crippen LogP contribution in [0.2, 0.25) is 10.0 Å². The highest BCUT2D eigenvalue weighted by molar-refractivity contribution is 9.10. The van der Waals surface area contributed by atoms with Crippen LogP contribution >= 0.6 is 39.1 Å². The maximum Gasteiger partial charge on any atom is 0.317 e. The fraction of sp³-hybridized carbons (Fsp3) is 0.364. The van der Waals surface area contributed by atoms with Crippen molar-refractivity contribution in [2.45, 2.75) is 24.1 Å². The van der Waals surface area contributed by atoms with Crippen LogP contribution in [0.1, 0.15) is 18.4 Å². The van der Waals surface area contributed by atoms with E-state index >= 15 is 0 Å². The standard InChI is InChI=1S/C11H11BrCl2O2/c12-8(11(15)16)3-1-2-7-4-5-9(13)10(14)6-7/h4-6,8H,1-3H2,(H,15,16). The molecule has 0 amide bonds. The molecule has 1 atom stereocenters. The van der Waals surface area contributed by atoms with Crippen LogP contribution in [0.25, 0.3) is 0 Å². The Bertz CT molecular complexity index is 382. The Labute approximate surface area is 113 Å². The SMILES string of the molecule is O=C(O)C(Br)CCCc1ccc(Cl)c(Cl)c1. The Balaban J connectivity index is 2.43. The predicted octanol–water partition coefficient (Wildman–Crippen LogP) is 4.16. The maximum atomic E-state index is 10.6. The number of carboxylic acids is 1. The molecule has 0 aliphatic rings. The number of alkyl halides is 1. The normalized spacial score (nSPS) is 12.4. The van der Waals surface area contributed by atoms with Crippen molar-refractivity contribution < 1.29 is 9.90 Å². The van der Waals surface area contributed by atoms with Gasteiger partial charge in [-0.05, 0) is 37.0 Å². The van der Waals surface area contributed by atoms with Gasteiger partial charge in [-0.25, -0.2) is 0 Å². The summed E-state index contributed by atoms with van der Waals surface area (Å²) < 4.78 is 0. The van der Waals surface area contributed by atoms with E-state index in [2.05, 4.69) is 15.9 Å². The van der Waals surface area contributed by atoms with E-state index in [9.17, 15) is 4.79 Å². The first kappa shape index (κ1) is 13.8. The number of carboxylic acid groups (broad SMARTS) is 1. The van der Waals surface area contributed by atoms with Gasteiger partial charge in [0.2, 0.25) is 0 Å². The molecule has 0 fully saturated rings. The molecule has 0 heterocycles. The summed E-state index contributed by atoms with van der Waals surface area (Å²) in [5.74, 6) is -0.825. The fourth-order valence-corrected chi connectivity index (χ4v) is 1.95. The Morgan fingerprint density at radius 1 is 1.38 bits per heavy atom. The van der Waals surface area contributed by atoms with Gasteiger partial charge in [0.25, 0.3) is 0 Å². The topological polar surface area (TPSA) is 37.3 Å². The highest BCUT2D eigenvalue weighted by Gasteiger charge is 2.12. The maximum absolute atomic E-state index is 10.6. The number of benzene rings is 1. The van der Waals surface area contributed by atoms with Crippen LogP contribution in [0.4, 0.5) is 0 Å². The van der Waals surface area contributed by atoms with Gasteiger partial charge in [0.15, 0.2) is 0 Å². The summed E-state index contributed by atoms with van der Waals surface area (Å²) in [6, 6.07) is 5.47. The molecule has 0 aliphatic heterocycles. The van der Waals surface area contributed by atoms with E-state index in [4.69, 9.17) is 28.3 Å². The number of aryl methyl sites for hydroxylation is 1. The van der Waals surface area contributed by atoms with Gasteiger partial charge in [-0.1, -0.05) is 45.2 Å². The van der Waals surface area contributed by atoms with Crippen LogP contribution in [0.5, 0.6) is 0 Å². The minimum absolute atomic E-state index is 0.477. The molecule has 1 aromatic rings. The Morgan fingerprint density at radius 2 is 2.06 bits per heavy atom. The molecule has 1 rings (SSSR count). The zero-order valence-electron chi connectivity index (χ0n) is 8.42. The minimum atomic E-state index is -0.825. The largest absolute Gasteiger partial charge is 0.480 e. The highest BCUT2D eigenvalue weighted by Crippen LogP contribution is 2.23. The number of rotatable bonds is 5. The van der Waals surface area contributed by atoms with E-state index in [1.807, 2.05) is 12.1 Å². The van der Waals surface area contributed by atoms with Crippen LogP contribution < -0.4 is 0 Å². The summed E-state index contributed by atoms with van der Waals surface area (Å²) in [4.78, 5) is 10.1. The van der Waals surface area contributed by atoms with E-state index < -0.39 is 10.8 Å². The van der Waals surface area contributed by atoms with Gasteiger partial charge >= 0.3 is 5.97 Å². The van der Waals surface area contributed by atoms with Crippen LogP contribution in [-0.4, -0.2) is 15.9 Å². The summed E-state index contributed by atoms with van der Waals surface area (Å²) in [6.45, 7) is 0. The molecule has 1 aromatic carbocycles. The van der Waals surface area contributed by atoms with Crippen molar-refractivity contribution in [3.05, 3.63) is 33.8 Å². The highest BCUT2D eigenvalue weighted by atomic mass is 79.9. The lowest BCUT2D eigenvalue weighted by molar-refractivity contribution is -0.136. The minimum Gasteiger partial charge on any atom is -0.480 e. The van der Waals surface area contributed by atoms with Crippen molar-refractivity contribution in [2.75, 3.05) is 0 Å². The molecule has 0 radical (unpaired) electrons. The van der Waals surface area contributed by atoms with Gasteiger partial charge in [-0.15, -0.1) is 0 Å². The summed E-state index contributed by atoms with van der Waals surface area (Å²) in [5.41, 5.74) is 1.07. The lowest BCUT2D eigenvalue weighted by Gasteiger charge is -2.05. The fourth-order valence-electron chi connectivity index (χ4n) is 1.30. The molecule has 0 bridgehead atoms. The average Bonchev–Trinajstić information content (AvgIpc) is 2.23. The summed E-state index contributed by atoms with van der Waals surface area (Å²) in [7, 11) is 0. The van der Waals surface area contributed by atoms with Crippen LogP contribution in [0.3, 0.4) is 0 Å². The number of carbonyl (C=O) groups is 1. The molecular formula is C11H11BrCl2O2. The number of hydrogen-bond donors (Lipinski definition) is 1. The molecule has 5 heteroatoms. The molecular weight excluding hydrogens is 315 g/mol. The summed E-state index contributed by atoms with van der Waals surface area (Å²) in [6.07, 6.45) is 2.18. The van der Waals surface area contributed by atoms with Gasteiger partial charge in [-0.2, -0.15) is 0 Å². The molecule has 0 saturated heterocycles. The third-order valence-corrected chi connectivity index (χ3v) is 3.76. The molecule has 0 spiro atoms. The second kappa shape index (κ2) is 6.48. The third-order valence-electron chi connectivity index (χ3n) is 2.17. The zero-order valence-corrected chi connectivity index (χ0v) is 11.5. The molecule has 0 aliphatic carbocycles. The molecule has 0 saturated carbocycles. The Morgan fingerprint density at radius 3 is 2.62 bits per heavy atom. The Hall–Kier alpha value is -0.250. The number of hydrogen-bond acceptors (Lipinski definition) is 1. The Kier molecular flexibility index (Phi) is 5.59. The van der Waals surface area contributed by atoms with E-state index in [0.29, 0.717) is 16.5 Å². The van der Waals surface area contributed by atoms with E-state index in [-0.39, 0.29) is 0 Å². The quantitative estimate of drug-likeness (QED) is 0.825. The van der Waals surface area contributed by atoms with Crippen molar-refractivity contribution in [1.29, 1.82) is 0 Å². The first-order valence-corrected chi connectivity index (χ1v) is 6.48. The summed E-state index contributed by atoms with van der Waals surface area (Å²) in [5, 5.41) is 9.75.